The third-order valence-electron chi connectivity index (χ3n) is 3.14. The van der Waals surface area contributed by atoms with Crippen LogP contribution in [-0.2, 0) is 19.9 Å². The van der Waals surface area contributed by atoms with E-state index in [4.69, 9.17) is 0 Å². The number of carbonyl (C=O) groups is 1. The Balaban J connectivity index is 2.31. The van der Waals surface area contributed by atoms with Crippen molar-refractivity contribution in [1.29, 1.82) is 0 Å². The summed E-state index contributed by atoms with van der Waals surface area (Å²) in [6, 6.07) is 2.95. The molecule has 0 aliphatic heterocycles. The predicted octanol–water partition coefficient (Wildman–Crippen LogP) is 0.792. The van der Waals surface area contributed by atoms with Crippen molar-refractivity contribution in [3.63, 3.8) is 0 Å². The van der Waals surface area contributed by atoms with Gasteiger partial charge in [0.2, 0.25) is 5.95 Å². The fourth-order valence-corrected chi connectivity index (χ4v) is 4.60. The van der Waals surface area contributed by atoms with E-state index in [1.807, 2.05) is 0 Å². The Morgan fingerprint density at radius 2 is 1.73 bits per heavy atom. The highest BCUT2D eigenvalue weighted by molar-refractivity contribution is 7.93. The van der Waals surface area contributed by atoms with E-state index in [-0.39, 0.29) is 11.7 Å². The van der Waals surface area contributed by atoms with E-state index in [0.29, 0.717) is 11.4 Å². The molecular formula is C14H17N5O5S2. The van der Waals surface area contributed by atoms with Crippen molar-refractivity contribution in [3.05, 3.63) is 35.8 Å². The number of carbonyl (C=O) groups excluding carboxylic acids is 1. The number of urea groups is 1. The van der Waals surface area contributed by atoms with Gasteiger partial charge in [0, 0.05) is 17.6 Å². The molecule has 2 aromatic heterocycles. The van der Waals surface area contributed by atoms with E-state index in [0.717, 1.165) is 12.3 Å². The average molecular weight is 399 g/mol. The summed E-state index contributed by atoms with van der Waals surface area (Å²) in [5.74, 6) is -0.401. The highest BCUT2D eigenvalue weighted by Gasteiger charge is 2.28. The number of nitrogens with zero attached hydrogens (tertiary/aromatic N) is 3. The van der Waals surface area contributed by atoms with E-state index < -0.39 is 35.8 Å². The van der Waals surface area contributed by atoms with Crippen molar-refractivity contribution in [2.75, 3.05) is 11.1 Å². The molecular weight excluding hydrogens is 382 g/mol. The Hall–Kier alpha value is -2.60. The Labute approximate surface area is 151 Å². The topological polar surface area (TPSA) is 148 Å². The molecule has 0 atom stereocenters. The van der Waals surface area contributed by atoms with Gasteiger partial charge in [-0.15, -0.1) is 0 Å². The van der Waals surface area contributed by atoms with Crippen LogP contribution in [0.4, 0.5) is 10.7 Å². The van der Waals surface area contributed by atoms with E-state index in [1.165, 1.54) is 13.0 Å². The van der Waals surface area contributed by atoms with E-state index in [9.17, 15) is 21.6 Å². The SMILES string of the molecule is CCS(=O)(=O)c1cccnc1S(=O)(=O)NC(=O)Nc1nc(C)cc(C)n1. The summed E-state index contributed by atoms with van der Waals surface area (Å²) in [5.41, 5.74) is 1.16. The Morgan fingerprint density at radius 3 is 2.31 bits per heavy atom. The van der Waals surface area contributed by atoms with Gasteiger partial charge in [-0.3, -0.25) is 5.32 Å². The maximum Gasteiger partial charge on any atom is 0.335 e. The summed E-state index contributed by atoms with van der Waals surface area (Å²) in [6.07, 6.45) is 1.12. The number of anilines is 1. The minimum atomic E-state index is -4.53. The molecule has 0 spiro atoms. The van der Waals surface area contributed by atoms with Crippen molar-refractivity contribution < 1.29 is 21.6 Å². The van der Waals surface area contributed by atoms with Crippen LogP contribution in [-0.4, -0.2) is 43.6 Å². The van der Waals surface area contributed by atoms with Crippen molar-refractivity contribution in [2.45, 2.75) is 30.7 Å². The summed E-state index contributed by atoms with van der Waals surface area (Å²) < 4.78 is 50.7. The second kappa shape index (κ2) is 7.33. The zero-order valence-corrected chi connectivity index (χ0v) is 15.8. The molecule has 2 amide bonds. The normalized spacial score (nSPS) is 11.8. The van der Waals surface area contributed by atoms with Crippen molar-refractivity contribution in [3.8, 4) is 0 Å². The highest BCUT2D eigenvalue weighted by atomic mass is 32.2. The first kappa shape index (κ1) is 19.7. The maximum atomic E-state index is 12.4. The van der Waals surface area contributed by atoms with Crippen LogP contribution >= 0.6 is 0 Å². The van der Waals surface area contributed by atoms with Crippen LogP contribution < -0.4 is 10.0 Å². The van der Waals surface area contributed by atoms with Gasteiger partial charge in [-0.25, -0.2) is 32.9 Å². The number of nitrogens with one attached hydrogen (secondary N) is 2. The number of sulfonamides is 1. The monoisotopic (exact) mass is 399 g/mol. The third-order valence-corrected chi connectivity index (χ3v) is 6.32. The summed E-state index contributed by atoms with van der Waals surface area (Å²) in [4.78, 5) is 23.0. The first-order valence-electron chi connectivity index (χ1n) is 7.39. The molecule has 0 fully saturated rings. The summed E-state index contributed by atoms with van der Waals surface area (Å²) >= 11 is 0. The lowest BCUT2D eigenvalue weighted by molar-refractivity contribution is 0.256. The van der Waals surface area contributed by atoms with Crippen LogP contribution in [0.2, 0.25) is 0 Å². The second-order valence-electron chi connectivity index (χ2n) is 5.24. The minimum Gasteiger partial charge on any atom is -0.275 e. The fourth-order valence-electron chi connectivity index (χ4n) is 2.05. The molecule has 0 aliphatic rings. The standard InChI is InChI=1S/C14H17N5O5S2/c1-4-25(21,22)11-6-5-7-15-12(11)26(23,24)19-14(20)18-13-16-9(2)8-10(3)17-13/h5-8H,4H2,1-3H3,(H2,16,17,18,19,20). The van der Waals surface area contributed by atoms with Gasteiger partial charge in [0.05, 0.1) is 5.75 Å². The lowest BCUT2D eigenvalue weighted by Gasteiger charge is -2.11. The molecule has 2 rings (SSSR count). The molecule has 10 nitrogen and oxygen atoms in total. The average Bonchev–Trinajstić information content (AvgIpc) is 2.53. The second-order valence-corrected chi connectivity index (χ2v) is 9.09. The number of hydrogen-bond donors (Lipinski definition) is 2. The highest BCUT2D eigenvalue weighted by Crippen LogP contribution is 2.19. The van der Waals surface area contributed by atoms with Gasteiger partial charge < -0.3 is 0 Å². The van der Waals surface area contributed by atoms with Gasteiger partial charge >= 0.3 is 6.03 Å². The van der Waals surface area contributed by atoms with Gasteiger partial charge in [-0.05, 0) is 32.0 Å². The molecule has 2 aromatic rings. The van der Waals surface area contributed by atoms with Crippen molar-refractivity contribution in [1.82, 2.24) is 19.7 Å². The largest absolute Gasteiger partial charge is 0.335 e. The van der Waals surface area contributed by atoms with Crippen LogP contribution in [0.1, 0.15) is 18.3 Å². The van der Waals surface area contributed by atoms with Gasteiger partial charge in [0.1, 0.15) is 4.90 Å². The Morgan fingerprint density at radius 1 is 1.12 bits per heavy atom. The maximum absolute atomic E-state index is 12.4. The molecule has 2 N–H and O–H groups in total. The van der Waals surface area contributed by atoms with E-state index in [2.05, 4.69) is 20.3 Å². The molecule has 0 aliphatic carbocycles. The number of aryl methyl sites for hydroxylation is 2. The number of amides is 2. The van der Waals surface area contributed by atoms with E-state index >= 15 is 0 Å². The zero-order valence-electron chi connectivity index (χ0n) is 14.2. The summed E-state index contributed by atoms with van der Waals surface area (Å²) in [5, 5.41) is 1.44. The van der Waals surface area contributed by atoms with Gasteiger partial charge in [-0.1, -0.05) is 6.92 Å². The van der Waals surface area contributed by atoms with Crippen LogP contribution in [0.15, 0.2) is 34.3 Å². The molecule has 2 heterocycles. The van der Waals surface area contributed by atoms with Crippen molar-refractivity contribution in [2.24, 2.45) is 0 Å². The molecule has 0 unspecified atom stereocenters. The quantitative estimate of drug-likeness (QED) is 0.750. The van der Waals surface area contributed by atoms with Gasteiger partial charge in [0.25, 0.3) is 10.0 Å². The molecule has 0 saturated heterocycles. The number of rotatable bonds is 5. The lowest BCUT2D eigenvalue weighted by atomic mass is 10.4. The molecule has 12 heteroatoms. The first-order valence-corrected chi connectivity index (χ1v) is 10.5. The molecule has 0 radical (unpaired) electrons. The van der Waals surface area contributed by atoms with Crippen LogP contribution in [0.3, 0.4) is 0 Å². The predicted molar refractivity (Wildman–Crippen MR) is 92.8 cm³/mol. The minimum absolute atomic E-state index is 0.0855. The number of hydrogen-bond acceptors (Lipinski definition) is 8. The Bertz CT molecular complexity index is 1030. The third kappa shape index (κ3) is 4.52. The Kier molecular flexibility index (Phi) is 5.56. The van der Waals surface area contributed by atoms with Crippen molar-refractivity contribution >= 4 is 31.8 Å². The number of sulfone groups is 1. The molecule has 140 valence electrons. The van der Waals surface area contributed by atoms with E-state index in [1.54, 1.807) is 24.6 Å². The number of pyridine rings is 1. The van der Waals surface area contributed by atoms with Gasteiger partial charge in [0.15, 0.2) is 14.9 Å². The fraction of sp³-hybridized carbons (Fsp3) is 0.286. The summed E-state index contributed by atoms with van der Waals surface area (Å²) in [7, 11) is -8.39. The molecule has 0 aromatic carbocycles. The van der Waals surface area contributed by atoms with Crippen LogP contribution in [0.5, 0.6) is 0 Å². The molecule has 0 saturated carbocycles. The first-order chi connectivity index (χ1) is 12.0. The lowest BCUT2D eigenvalue weighted by Crippen LogP contribution is -2.36. The molecule has 26 heavy (non-hydrogen) atoms. The zero-order chi connectivity index (χ0) is 19.5. The van der Waals surface area contributed by atoms with Crippen LogP contribution in [0.25, 0.3) is 0 Å². The summed E-state index contributed by atoms with van der Waals surface area (Å²) in [6.45, 7) is 4.74. The van der Waals surface area contributed by atoms with Gasteiger partial charge in [-0.2, -0.15) is 8.42 Å². The smallest absolute Gasteiger partial charge is 0.275 e. The number of aromatic nitrogens is 3. The molecule has 0 bridgehead atoms. The van der Waals surface area contributed by atoms with Crippen LogP contribution in [0, 0.1) is 13.8 Å².